The van der Waals surface area contributed by atoms with Gasteiger partial charge >= 0.3 is 0 Å². The molecular weight excluding hydrogens is 258 g/mol. The minimum atomic E-state index is -0.359. The van der Waals surface area contributed by atoms with Crippen LogP contribution < -0.4 is 10.5 Å². The van der Waals surface area contributed by atoms with Crippen LogP contribution in [0.5, 0.6) is 5.75 Å². The van der Waals surface area contributed by atoms with E-state index >= 15 is 0 Å². The molecule has 7 nitrogen and oxygen atoms in total. The van der Waals surface area contributed by atoms with E-state index < -0.39 is 0 Å². The van der Waals surface area contributed by atoms with Gasteiger partial charge < -0.3 is 15.2 Å². The normalized spacial score (nSPS) is 11.6. The van der Waals surface area contributed by atoms with Gasteiger partial charge in [-0.05, 0) is 42.5 Å². The highest BCUT2D eigenvalue weighted by Crippen LogP contribution is 2.27. The van der Waals surface area contributed by atoms with Crippen molar-refractivity contribution in [3.8, 4) is 17.1 Å². The number of methoxy groups -OCH3 is 2. The second-order valence-corrected chi connectivity index (χ2v) is 5.08. The van der Waals surface area contributed by atoms with E-state index in [-0.39, 0.29) is 5.60 Å². The Morgan fingerprint density at radius 1 is 1.30 bits per heavy atom. The maximum absolute atomic E-state index is 5.91. The van der Waals surface area contributed by atoms with Crippen LogP contribution >= 0.6 is 0 Å². The van der Waals surface area contributed by atoms with Crippen molar-refractivity contribution in [3.63, 3.8) is 0 Å². The summed E-state index contributed by atoms with van der Waals surface area (Å²) in [7, 11) is 3.24. The molecule has 0 aliphatic carbocycles. The first-order valence-corrected chi connectivity index (χ1v) is 6.22. The molecule has 0 fully saturated rings. The van der Waals surface area contributed by atoms with Gasteiger partial charge in [0.05, 0.1) is 24.9 Å². The highest BCUT2D eigenvalue weighted by molar-refractivity contribution is 5.66. The van der Waals surface area contributed by atoms with Crippen molar-refractivity contribution >= 4 is 5.69 Å². The largest absolute Gasteiger partial charge is 0.495 e. The van der Waals surface area contributed by atoms with E-state index in [4.69, 9.17) is 15.2 Å². The van der Waals surface area contributed by atoms with Gasteiger partial charge in [-0.15, -0.1) is 5.10 Å². The molecule has 0 radical (unpaired) electrons. The van der Waals surface area contributed by atoms with Crippen LogP contribution in [-0.2, 0) is 11.3 Å². The predicted octanol–water partition coefficient (Wildman–Crippen LogP) is 1.36. The van der Waals surface area contributed by atoms with Crippen molar-refractivity contribution in [3.05, 3.63) is 18.2 Å². The van der Waals surface area contributed by atoms with E-state index in [2.05, 4.69) is 15.5 Å². The lowest BCUT2D eigenvalue weighted by molar-refractivity contribution is 0.00538. The molecule has 0 atom stereocenters. The third-order valence-electron chi connectivity index (χ3n) is 3.10. The van der Waals surface area contributed by atoms with Crippen molar-refractivity contribution in [2.75, 3.05) is 20.0 Å². The molecule has 0 unspecified atom stereocenters. The SMILES string of the molecule is COc1ccc(-c2nnnn2CC(C)(C)OC)cc1N. The standard InChI is InChI=1S/C13H19N5O2/c1-13(2,20-4)8-18-12(15-16-17-18)9-5-6-11(19-3)10(14)7-9/h5-7H,8,14H2,1-4H3. The first kappa shape index (κ1) is 14.3. The Labute approximate surface area is 117 Å². The molecule has 0 saturated heterocycles. The van der Waals surface area contributed by atoms with Gasteiger partial charge in [0.25, 0.3) is 0 Å². The molecule has 108 valence electrons. The van der Waals surface area contributed by atoms with Crippen LogP contribution in [0.15, 0.2) is 18.2 Å². The van der Waals surface area contributed by atoms with Crippen molar-refractivity contribution in [2.45, 2.75) is 26.0 Å². The minimum Gasteiger partial charge on any atom is -0.495 e. The summed E-state index contributed by atoms with van der Waals surface area (Å²) < 4.78 is 12.2. The number of rotatable bonds is 5. The molecule has 0 amide bonds. The summed E-state index contributed by atoms with van der Waals surface area (Å²) in [6.45, 7) is 4.49. The fraction of sp³-hybridized carbons (Fsp3) is 0.462. The number of hydrogen-bond acceptors (Lipinski definition) is 6. The number of nitrogen functional groups attached to an aromatic ring is 1. The molecular formula is C13H19N5O2. The van der Waals surface area contributed by atoms with E-state index in [1.54, 1.807) is 31.0 Å². The molecule has 2 N–H and O–H groups in total. The molecule has 0 saturated carbocycles. The van der Waals surface area contributed by atoms with E-state index in [0.717, 1.165) is 5.56 Å². The zero-order valence-corrected chi connectivity index (χ0v) is 12.1. The number of hydrogen-bond donors (Lipinski definition) is 1. The van der Waals surface area contributed by atoms with Crippen LogP contribution in [0.3, 0.4) is 0 Å². The molecule has 2 aromatic rings. The summed E-state index contributed by atoms with van der Waals surface area (Å²) >= 11 is 0. The van der Waals surface area contributed by atoms with E-state index in [1.165, 1.54) is 0 Å². The molecule has 2 rings (SSSR count). The average molecular weight is 277 g/mol. The molecule has 7 heteroatoms. The van der Waals surface area contributed by atoms with Gasteiger partial charge in [-0.3, -0.25) is 0 Å². The fourth-order valence-corrected chi connectivity index (χ4v) is 1.82. The summed E-state index contributed by atoms with van der Waals surface area (Å²) in [6.07, 6.45) is 0. The van der Waals surface area contributed by atoms with E-state index in [9.17, 15) is 0 Å². The number of nitrogens with zero attached hydrogens (tertiary/aromatic N) is 4. The zero-order valence-electron chi connectivity index (χ0n) is 12.1. The third kappa shape index (κ3) is 2.88. The Hall–Kier alpha value is -2.15. The molecule has 20 heavy (non-hydrogen) atoms. The van der Waals surface area contributed by atoms with Crippen LogP contribution in [-0.4, -0.2) is 40.0 Å². The smallest absolute Gasteiger partial charge is 0.182 e. The minimum absolute atomic E-state index is 0.359. The van der Waals surface area contributed by atoms with Gasteiger partial charge in [0.2, 0.25) is 0 Å². The lowest BCUT2D eigenvalue weighted by Gasteiger charge is -2.22. The molecule has 0 spiro atoms. The third-order valence-corrected chi connectivity index (χ3v) is 3.10. The molecule has 1 aromatic heterocycles. The maximum atomic E-state index is 5.91. The lowest BCUT2D eigenvalue weighted by atomic mass is 10.1. The maximum Gasteiger partial charge on any atom is 0.182 e. The van der Waals surface area contributed by atoms with Crippen LogP contribution in [0.25, 0.3) is 11.4 Å². The average Bonchev–Trinajstić information content (AvgIpc) is 2.86. The molecule has 1 heterocycles. The van der Waals surface area contributed by atoms with Gasteiger partial charge in [-0.1, -0.05) is 0 Å². The fourth-order valence-electron chi connectivity index (χ4n) is 1.82. The summed E-state index contributed by atoms with van der Waals surface area (Å²) in [5, 5.41) is 11.8. The second-order valence-electron chi connectivity index (χ2n) is 5.08. The summed E-state index contributed by atoms with van der Waals surface area (Å²) in [6, 6.07) is 5.46. The Balaban J connectivity index is 2.35. The van der Waals surface area contributed by atoms with Crippen LogP contribution in [0.4, 0.5) is 5.69 Å². The Bertz CT molecular complexity index is 594. The van der Waals surface area contributed by atoms with Crippen LogP contribution in [0.2, 0.25) is 0 Å². The quantitative estimate of drug-likeness (QED) is 0.830. The summed E-state index contributed by atoms with van der Waals surface area (Å²) in [5.41, 5.74) is 6.94. The zero-order chi connectivity index (χ0) is 14.8. The van der Waals surface area contributed by atoms with Crippen LogP contribution in [0.1, 0.15) is 13.8 Å². The monoisotopic (exact) mass is 277 g/mol. The van der Waals surface area contributed by atoms with Gasteiger partial charge in [0, 0.05) is 12.7 Å². The number of tetrazole rings is 1. The van der Waals surface area contributed by atoms with Crippen LogP contribution in [0, 0.1) is 0 Å². The first-order chi connectivity index (χ1) is 9.46. The number of anilines is 1. The molecule has 0 bridgehead atoms. The number of ether oxygens (including phenoxy) is 2. The molecule has 0 aliphatic heterocycles. The van der Waals surface area contributed by atoms with Crippen molar-refractivity contribution in [1.29, 1.82) is 0 Å². The first-order valence-electron chi connectivity index (χ1n) is 6.22. The van der Waals surface area contributed by atoms with Gasteiger partial charge in [-0.2, -0.15) is 0 Å². The summed E-state index contributed by atoms with van der Waals surface area (Å²) in [5.74, 6) is 1.27. The molecule has 1 aromatic carbocycles. The van der Waals surface area contributed by atoms with E-state index in [0.29, 0.717) is 23.8 Å². The lowest BCUT2D eigenvalue weighted by Crippen LogP contribution is -2.30. The highest BCUT2D eigenvalue weighted by atomic mass is 16.5. The molecule has 0 aliphatic rings. The van der Waals surface area contributed by atoms with Gasteiger partial charge in [0.15, 0.2) is 5.82 Å². The predicted molar refractivity (Wildman–Crippen MR) is 75.3 cm³/mol. The second kappa shape index (κ2) is 5.46. The Kier molecular flexibility index (Phi) is 3.89. The highest BCUT2D eigenvalue weighted by Gasteiger charge is 2.21. The number of nitrogens with two attached hydrogens (primary N) is 1. The van der Waals surface area contributed by atoms with Gasteiger partial charge in [-0.25, -0.2) is 4.68 Å². The van der Waals surface area contributed by atoms with Crippen molar-refractivity contribution in [2.24, 2.45) is 0 Å². The topological polar surface area (TPSA) is 88.1 Å². The van der Waals surface area contributed by atoms with Crippen molar-refractivity contribution in [1.82, 2.24) is 20.2 Å². The number of aromatic nitrogens is 4. The Morgan fingerprint density at radius 2 is 2.05 bits per heavy atom. The van der Waals surface area contributed by atoms with Gasteiger partial charge in [0.1, 0.15) is 5.75 Å². The van der Waals surface area contributed by atoms with Crippen molar-refractivity contribution < 1.29 is 9.47 Å². The summed E-state index contributed by atoms with van der Waals surface area (Å²) in [4.78, 5) is 0. The Morgan fingerprint density at radius 3 is 2.65 bits per heavy atom. The van der Waals surface area contributed by atoms with E-state index in [1.807, 2.05) is 19.9 Å². The number of benzene rings is 1.